The van der Waals surface area contributed by atoms with E-state index in [9.17, 15) is 9.59 Å². The van der Waals surface area contributed by atoms with Gasteiger partial charge in [-0.25, -0.2) is 0 Å². The Balaban J connectivity index is 1.55. The summed E-state index contributed by atoms with van der Waals surface area (Å²) in [6, 6.07) is 13.2. The van der Waals surface area contributed by atoms with Crippen LogP contribution in [0.25, 0.3) is 10.9 Å². The van der Waals surface area contributed by atoms with E-state index in [0.29, 0.717) is 17.9 Å². The molecule has 2 fully saturated rings. The number of para-hydroxylation sites is 1. The van der Waals surface area contributed by atoms with Crippen LogP contribution >= 0.6 is 0 Å². The highest BCUT2D eigenvalue weighted by molar-refractivity contribution is 5.98. The molecule has 0 bridgehead atoms. The second-order valence-electron chi connectivity index (χ2n) is 8.80. The lowest BCUT2D eigenvalue weighted by Gasteiger charge is -2.47. The van der Waals surface area contributed by atoms with Gasteiger partial charge in [0.1, 0.15) is 12.6 Å². The van der Waals surface area contributed by atoms with E-state index < -0.39 is 12.1 Å². The second kappa shape index (κ2) is 7.02. The van der Waals surface area contributed by atoms with E-state index in [2.05, 4.69) is 11.1 Å². The zero-order chi connectivity index (χ0) is 22.0. The van der Waals surface area contributed by atoms with Crippen LogP contribution in [0.15, 0.2) is 42.5 Å². The van der Waals surface area contributed by atoms with Crippen LogP contribution < -0.4 is 9.47 Å². The fourth-order valence-corrected chi connectivity index (χ4v) is 5.35. The Labute approximate surface area is 185 Å². The van der Waals surface area contributed by atoms with Crippen LogP contribution in [0, 0.1) is 0 Å². The summed E-state index contributed by atoms with van der Waals surface area (Å²) in [5.41, 5.74) is 3.99. The standard InChI is InChI=1S/C25H25N3O4/c1-31-20-10-7-14(11-21(20)32-2)24-23-17(16-5-3-4-6-18(16)26-23)12-19-25(30)27(15-8-9-15)13-22(29)28(19)24/h3-7,10-11,15,19,24,26H,8-9,12-13H2,1-2H3/t19-,24-/m0/s1. The monoisotopic (exact) mass is 431 g/mol. The van der Waals surface area contributed by atoms with Crippen LogP contribution in [-0.2, 0) is 16.0 Å². The number of benzene rings is 2. The van der Waals surface area contributed by atoms with E-state index in [1.807, 2.05) is 36.4 Å². The fraction of sp³-hybridized carbons (Fsp3) is 0.360. The van der Waals surface area contributed by atoms with Gasteiger partial charge < -0.3 is 24.3 Å². The molecule has 1 saturated heterocycles. The summed E-state index contributed by atoms with van der Waals surface area (Å²) < 4.78 is 11.0. The first-order chi connectivity index (χ1) is 15.6. The van der Waals surface area contributed by atoms with Gasteiger partial charge >= 0.3 is 0 Å². The third-order valence-corrected chi connectivity index (χ3v) is 7.00. The number of rotatable bonds is 4. The summed E-state index contributed by atoms with van der Waals surface area (Å²) >= 11 is 0. The summed E-state index contributed by atoms with van der Waals surface area (Å²) in [5, 5.41) is 1.11. The number of aromatic amines is 1. The number of nitrogens with zero attached hydrogens (tertiary/aromatic N) is 2. The third kappa shape index (κ3) is 2.73. The van der Waals surface area contributed by atoms with Crippen LogP contribution in [0.5, 0.6) is 11.5 Å². The molecule has 0 spiro atoms. The highest BCUT2D eigenvalue weighted by Crippen LogP contribution is 2.45. The Morgan fingerprint density at radius 2 is 1.78 bits per heavy atom. The maximum absolute atomic E-state index is 13.5. The highest BCUT2D eigenvalue weighted by atomic mass is 16.5. The van der Waals surface area contributed by atoms with Gasteiger partial charge in [-0.3, -0.25) is 9.59 Å². The molecule has 6 rings (SSSR count). The first kappa shape index (κ1) is 19.2. The number of hydrogen-bond donors (Lipinski definition) is 1. The molecule has 3 heterocycles. The van der Waals surface area contributed by atoms with Gasteiger partial charge in [-0.2, -0.15) is 0 Å². The Morgan fingerprint density at radius 3 is 2.53 bits per heavy atom. The number of aromatic nitrogens is 1. The molecule has 3 aliphatic rings. The van der Waals surface area contributed by atoms with E-state index in [4.69, 9.17) is 9.47 Å². The number of H-pyrrole nitrogens is 1. The topological polar surface area (TPSA) is 74.9 Å². The lowest BCUT2D eigenvalue weighted by molar-refractivity contribution is -0.159. The SMILES string of the molecule is COc1ccc([C@H]2c3[nH]c4ccccc4c3C[C@H]3C(=O)N(C4CC4)CC(=O)N23)cc1OC. The van der Waals surface area contributed by atoms with Gasteiger partial charge in [-0.05, 0) is 42.2 Å². The lowest BCUT2D eigenvalue weighted by Crippen LogP contribution is -2.63. The Kier molecular flexibility index (Phi) is 4.22. The summed E-state index contributed by atoms with van der Waals surface area (Å²) in [6.45, 7) is 0.152. The second-order valence-corrected chi connectivity index (χ2v) is 8.80. The molecule has 2 atom stereocenters. The lowest BCUT2D eigenvalue weighted by atomic mass is 9.86. The molecule has 1 N–H and O–H groups in total. The van der Waals surface area contributed by atoms with Gasteiger partial charge in [-0.1, -0.05) is 24.3 Å². The molecule has 2 amide bonds. The van der Waals surface area contributed by atoms with Crippen LogP contribution in [-0.4, -0.2) is 59.4 Å². The molecule has 1 aliphatic carbocycles. The van der Waals surface area contributed by atoms with Crippen LogP contribution in [0.1, 0.15) is 35.7 Å². The smallest absolute Gasteiger partial charge is 0.246 e. The zero-order valence-corrected chi connectivity index (χ0v) is 18.1. The van der Waals surface area contributed by atoms with Crippen molar-refractivity contribution in [2.45, 2.75) is 37.4 Å². The van der Waals surface area contributed by atoms with Crippen molar-refractivity contribution in [1.29, 1.82) is 0 Å². The summed E-state index contributed by atoms with van der Waals surface area (Å²) in [7, 11) is 3.20. The average molecular weight is 431 g/mol. The minimum Gasteiger partial charge on any atom is -0.493 e. The van der Waals surface area contributed by atoms with Crippen LogP contribution in [0.3, 0.4) is 0 Å². The number of amides is 2. The third-order valence-electron chi connectivity index (χ3n) is 7.00. The Bertz CT molecular complexity index is 1250. The Morgan fingerprint density at radius 1 is 1.00 bits per heavy atom. The molecule has 0 radical (unpaired) electrons. The quantitative estimate of drug-likeness (QED) is 0.689. The maximum atomic E-state index is 13.5. The van der Waals surface area contributed by atoms with E-state index >= 15 is 0 Å². The van der Waals surface area contributed by atoms with Crippen molar-refractivity contribution in [3.05, 3.63) is 59.3 Å². The molecular formula is C25H25N3O4. The molecule has 164 valence electrons. The first-order valence-corrected chi connectivity index (χ1v) is 11.0. The van der Waals surface area contributed by atoms with Crippen molar-refractivity contribution < 1.29 is 19.1 Å². The molecule has 1 aromatic heterocycles. The van der Waals surface area contributed by atoms with Gasteiger partial charge in [0, 0.05) is 29.1 Å². The number of carbonyl (C=O) groups excluding carboxylic acids is 2. The van der Waals surface area contributed by atoms with E-state index in [0.717, 1.165) is 40.6 Å². The number of methoxy groups -OCH3 is 2. The van der Waals surface area contributed by atoms with Gasteiger partial charge in [0.25, 0.3) is 0 Å². The van der Waals surface area contributed by atoms with Gasteiger partial charge in [0.05, 0.1) is 20.3 Å². The van der Waals surface area contributed by atoms with Gasteiger partial charge in [0.15, 0.2) is 11.5 Å². The summed E-state index contributed by atoms with van der Waals surface area (Å²) in [6.07, 6.45) is 2.50. The van der Waals surface area contributed by atoms with Crippen LogP contribution in [0.2, 0.25) is 0 Å². The predicted molar refractivity (Wildman–Crippen MR) is 119 cm³/mol. The molecule has 3 aromatic rings. The van der Waals surface area contributed by atoms with Crippen molar-refractivity contribution in [3.8, 4) is 11.5 Å². The highest BCUT2D eigenvalue weighted by Gasteiger charge is 2.50. The molecule has 7 heteroatoms. The molecule has 7 nitrogen and oxygen atoms in total. The van der Waals surface area contributed by atoms with E-state index in [1.165, 1.54) is 0 Å². The van der Waals surface area contributed by atoms with Crippen molar-refractivity contribution in [2.24, 2.45) is 0 Å². The first-order valence-electron chi connectivity index (χ1n) is 11.0. The zero-order valence-electron chi connectivity index (χ0n) is 18.1. The van der Waals surface area contributed by atoms with Gasteiger partial charge in [-0.15, -0.1) is 0 Å². The molecule has 2 aromatic carbocycles. The van der Waals surface area contributed by atoms with Crippen molar-refractivity contribution >= 4 is 22.7 Å². The fourth-order valence-electron chi connectivity index (χ4n) is 5.35. The number of carbonyl (C=O) groups is 2. The largest absolute Gasteiger partial charge is 0.493 e. The van der Waals surface area contributed by atoms with Crippen molar-refractivity contribution in [3.63, 3.8) is 0 Å². The summed E-state index contributed by atoms with van der Waals surface area (Å²) in [4.78, 5) is 34.1. The number of ether oxygens (including phenoxy) is 2. The number of piperazine rings is 1. The number of hydrogen-bond acceptors (Lipinski definition) is 4. The average Bonchev–Trinajstić information content (AvgIpc) is 3.60. The van der Waals surface area contributed by atoms with Crippen LogP contribution in [0.4, 0.5) is 0 Å². The van der Waals surface area contributed by atoms with Crippen molar-refractivity contribution in [2.75, 3.05) is 20.8 Å². The summed E-state index contributed by atoms with van der Waals surface area (Å²) in [5.74, 6) is 1.28. The minimum absolute atomic E-state index is 0.00871. The predicted octanol–water partition coefficient (Wildman–Crippen LogP) is 3.03. The molecule has 0 unspecified atom stereocenters. The number of fused-ring (bicyclic) bond motifs is 4. The number of nitrogens with one attached hydrogen (secondary N) is 1. The minimum atomic E-state index is -0.498. The van der Waals surface area contributed by atoms with Crippen molar-refractivity contribution in [1.82, 2.24) is 14.8 Å². The van der Waals surface area contributed by atoms with E-state index in [1.54, 1.807) is 24.0 Å². The van der Waals surface area contributed by atoms with Gasteiger partial charge in [0.2, 0.25) is 11.8 Å². The van der Waals surface area contributed by atoms with E-state index in [-0.39, 0.29) is 24.4 Å². The normalized spacial score (nSPS) is 22.7. The Hall–Kier alpha value is -3.48. The molecule has 1 saturated carbocycles. The maximum Gasteiger partial charge on any atom is 0.246 e. The molecule has 32 heavy (non-hydrogen) atoms. The molecular weight excluding hydrogens is 406 g/mol. The molecule has 2 aliphatic heterocycles.